The van der Waals surface area contributed by atoms with Gasteiger partial charge in [0, 0.05) is 35.7 Å². The van der Waals surface area contributed by atoms with Crippen molar-refractivity contribution in [2.75, 3.05) is 26.7 Å². The van der Waals surface area contributed by atoms with E-state index in [9.17, 15) is 14.7 Å². The summed E-state index contributed by atoms with van der Waals surface area (Å²) in [5.41, 5.74) is 0.349. The van der Waals surface area contributed by atoms with Gasteiger partial charge in [-0.25, -0.2) is 0 Å². The van der Waals surface area contributed by atoms with Crippen molar-refractivity contribution in [3.63, 3.8) is 0 Å². The zero-order chi connectivity index (χ0) is 16.3. The lowest BCUT2D eigenvalue weighted by Gasteiger charge is -2.31. The van der Waals surface area contributed by atoms with Crippen LogP contribution in [0.2, 0.25) is 10.0 Å². The molecule has 7 heteroatoms. The number of hydrogen-bond donors (Lipinski definition) is 1. The smallest absolute Gasteiger partial charge is 0.254 e. The number of amides is 2. The molecule has 1 aliphatic rings. The number of aliphatic hydroxyl groups excluding tert-OH is 1. The third kappa shape index (κ3) is 4.35. The van der Waals surface area contributed by atoms with Crippen LogP contribution in [-0.4, -0.2) is 59.5 Å². The number of halogens is 2. The summed E-state index contributed by atoms with van der Waals surface area (Å²) in [6.07, 6.45) is 0.817. The highest BCUT2D eigenvalue weighted by Crippen LogP contribution is 2.20. The summed E-state index contributed by atoms with van der Waals surface area (Å²) in [5, 5.41) is 10.2. The van der Waals surface area contributed by atoms with Crippen molar-refractivity contribution < 1.29 is 14.7 Å². The number of likely N-dealkylation sites (tertiary alicyclic amines) is 1. The molecular formula is C15H18Cl2N2O3. The average Bonchev–Trinajstić information content (AvgIpc) is 2.46. The highest BCUT2D eigenvalue weighted by molar-refractivity contribution is 6.35. The van der Waals surface area contributed by atoms with E-state index in [4.69, 9.17) is 23.2 Å². The maximum absolute atomic E-state index is 12.3. The number of likely N-dealkylation sites (N-methyl/N-ethyl adjacent to an activating group) is 1. The molecule has 0 spiro atoms. The first-order valence-electron chi connectivity index (χ1n) is 7.04. The molecule has 1 aliphatic heterocycles. The Kier molecular flexibility index (Phi) is 5.67. The maximum Gasteiger partial charge on any atom is 0.254 e. The van der Waals surface area contributed by atoms with E-state index >= 15 is 0 Å². The molecule has 120 valence electrons. The number of carbonyl (C=O) groups excluding carboxylic acids is 2. The number of benzene rings is 1. The average molecular weight is 345 g/mol. The second-order valence-corrected chi connectivity index (χ2v) is 6.30. The van der Waals surface area contributed by atoms with Gasteiger partial charge in [0.2, 0.25) is 5.91 Å². The summed E-state index contributed by atoms with van der Waals surface area (Å²) in [5.74, 6) is -0.439. The molecule has 1 aromatic carbocycles. The third-order valence-electron chi connectivity index (χ3n) is 3.65. The molecule has 0 bridgehead atoms. The molecule has 1 heterocycles. The summed E-state index contributed by atoms with van der Waals surface area (Å²) in [4.78, 5) is 27.5. The summed E-state index contributed by atoms with van der Waals surface area (Å²) >= 11 is 11.8. The summed E-state index contributed by atoms with van der Waals surface area (Å²) in [6, 6.07) is 4.59. The molecule has 0 atom stereocenters. The molecule has 0 unspecified atom stereocenters. The number of carbonyl (C=O) groups is 2. The molecule has 2 rings (SSSR count). The van der Waals surface area contributed by atoms with Crippen LogP contribution in [0.15, 0.2) is 18.2 Å². The van der Waals surface area contributed by atoms with Crippen molar-refractivity contribution in [2.24, 2.45) is 0 Å². The Morgan fingerprint density at radius 3 is 2.32 bits per heavy atom. The minimum absolute atomic E-state index is 0.0148. The lowest BCUT2D eigenvalue weighted by molar-refractivity contribution is -0.133. The van der Waals surface area contributed by atoms with Crippen molar-refractivity contribution in [1.82, 2.24) is 9.80 Å². The summed E-state index contributed by atoms with van der Waals surface area (Å²) < 4.78 is 0. The molecule has 22 heavy (non-hydrogen) atoms. The van der Waals surface area contributed by atoms with E-state index in [0.717, 1.165) is 0 Å². The van der Waals surface area contributed by atoms with Crippen LogP contribution in [0, 0.1) is 0 Å². The van der Waals surface area contributed by atoms with Crippen LogP contribution in [-0.2, 0) is 4.79 Å². The first-order chi connectivity index (χ1) is 10.4. The van der Waals surface area contributed by atoms with Crippen molar-refractivity contribution in [2.45, 2.75) is 18.9 Å². The third-order valence-corrected chi connectivity index (χ3v) is 4.08. The highest BCUT2D eigenvalue weighted by Gasteiger charge is 2.23. The molecule has 0 saturated carbocycles. The summed E-state index contributed by atoms with van der Waals surface area (Å²) in [6.45, 7) is 1.02. The zero-order valence-electron chi connectivity index (χ0n) is 12.3. The van der Waals surface area contributed by atoms with Crippen LogP contribution < -0.4 is 0 Å². The number of aliphatic hydroxyl groups is 1. The lowest BCUT2D eigenvalue weighted by Crippen LogP contribution is -2.45. The molecule has 0 aliphatic carbocycles. The van der Waals surface area contributed by atoms with Gasteiger partial charge in [-0.05, 0) is 31.0 Å². The number of nitrogens with zero attached hydrogens (tertiary/aromatic N) is 2. The summed E-state index contributed by atoms with van der Waals surface area (Å²) in [7, 11) is 1.56. The van der Waals surface area contributed by atoms with Gasteiger partial charge in [-0.15, -0.1) is 0 Å². The van der Waals surface area contributed by atoms with Crippen LogP contribution in [0.4, 0.5) is 0 Å². The molecule has 1 fully saturated rings. The molecule has 1 aromatic rings. The Morgan fingerprint density at radius 1 is 1.23 bits per heavy atom. The molecule has 0 radical (unpaired) electrons. The van der Waals surface area contributed by atoms with E-state index in [1.807, 2.05) is 0 Å². The van der Waals surface area contributed by atoms with Gasteiger partial charge in [0.1, 0.15) is 0 Å². The predicted molar refractivity (Wildman–Crippen MR) is 85.2 cm³/mol. The molecule has 2 amide bonds. The van der Waals surface area contributed by atoms with E-state index < -0.39 is 0 Å². The van der Waals surface area contributed by atoms with Crippen LogP contribution in [0.3, 0.4) is 0 Å². The van der Waals surface area contributed by atoms with Crippen LogP contribution in [0.25, 0.3) is 0 Å². The fourth-order valence-corrected chi connectivity index (χ4v) is 2.91. The Labute approximate surface area is 139 Å². The monoisotopic (exact) mass is 344 g/mol. The van der Waals surface area contributed by atoms with Crippen molar-refractivity contribution in [1.29, 1.82) is 0 Å². The fraction of sp³-hybridized carbons (Fsp3) is 0.467. The highest BCUT2D eigenvalue weighted by atomic mass is 35.5. The normalized spacial score (nSPS) is 15.7. The first-order valence-corrected chi connectivity index (χ1v) is 7.80. The minimum Gasteiger partial charge on any atom is -0.393 e. The van der Waals surface area contributed by atoms with Crippen LogP contribution in [0.5, 0.6) is 0 Å². The van der Waals surface area contributed by atoms with Gasteiger partial charge < -0.3 is 14.9 Å². The number of rotatable bonds is 3. The van der Waals surface area contributed by atoms with Crippen LogP contribution >= 0.6 is 23.2 Å². The first kappa shape index (κ1) is 17.1. The van der Waals surface area contributed by atoms with Gasteiger partial charge in [-0.1, -0.05) is 23.2 Å². The van der Waals surface area contributed by atoms with E-state index in [0.29, 0.717) is 41.5 Å². The van der Waals surface area contributed by atoms with Crippen molar-refractivity contribution >= 4 is 35.0 Å². The van der Waals surface area contributed by atoms with Crippen LogP contribution in [0.1, 0.15) is 23.2 Å². The van der Waals surface area contributed by atoms with Gasteiger partial charge in [0.15, 0.2) is 0 Å². The Balaban J connectivity index is 1.97. The fourth-order valence-electron chi connectivity index (χ4n) is 2.39. The van der Waals surface area contributed by atoms with Crippen molar-refractivity contribution in [3.8, 4) is 0 Å². The molecule has 5 nitrogen and oxygen atoms in total. The quantitative estimate of drug-likeness (QED) is 0.912. The number of piperidine rings is 1. The standard InChI is InChI=1S/C15H18Cl2N2O3/c1-18(9-14(21)19-4-2-13(20)3-5-19)15(22)10-6-11(16)8-12(17)7-10/h6-8,13,20H,2-5,9H2,1H3. The largest absolute Gasteiger partial charge is 0.393 e. The van der Waals surface area contributed by atoms with E-state index in [2.05, 4.69) is 0 Å². The molecular weight excluding hydrogens is 327 g/mol. The Hall–Kier alpha value is -1.30. The minimum atomic E-state index is -0.336. The van der Waals surface area contributed by atoms with Gasteiger partial charge in [0.05, 0.1) is 12.6 Å². The predicted octanol–water partition coefficient (Wildman–Crippen LogP) is 2.05. The number of hydrogen-bond acceptors (Lipinski definition) is 3. The second-order valence-electron chi connectivity index (χ2n) is 5.43. The van der Waals surface area contributed by atoms with E-state index in [1.165, 1.54) is 17.0 Å². The SMILES string of the molecule is CN(CC(=O)N1CCC(O)CC1)C(=O)c1cc(Cl)cc(Cl)c1. The van der Waals surface area contributed by atoms with E-state index in [-0.39, 0.29) is 24.5 Å². The van der Waals surface area contributed by atoms with Gasteiger partial charge >= 0.3 is 0 Å². The molecule has 0 aromatic heterocycles. The topological polar surface area (TPSA) is 60.9 Å². The molecule has 1 saturated heterocycles. The second kappa shape index (κ2) is 7.31. The van der Waals surface area contributed by atoms with Gasteiger partial charge in [-0.2, -0.15) is 0 Å². The Morgan fingerprint density at radius 2 is 1.77 bits per heavy atom. The van der Waals surface area contributed by atoms with E-state index in [1.54, 1.807) is 18.0 Å². The lowest BCUT2D eigenvalue weighted by atomic mass is 10.1. The van der Waals surface area contributed by atoms with Crippen molar-refractivity contribution in [3.05, 3.63) is 33.8 Å². The van der Waals surface area contributed by atoms with Gasteiger partial charge in [0.25, 0.3) is 5.91 Å². The molecule has 1 N–H and O–H groups in total. The van der Waals surface area contributed by atoms with Gasteiger partial charge in [-0.3, -0.25) is 9.59 Å². The maximum atomic E-state index is 12.3. The zero-order valence-corrected chi connectivity index (χ0v) is 13.8. The Bertz CT molecular complexity index is 552.